The number of sulfonamides is 1. The first-order valence-electron chi connectivity index (χ1n) is 5.78. The molecule has 1 aliphatic rings. The van der Waals surface area contributed by atoms with Crippen molar-refractivity contribution in [3.63, 3.8) is 0 Å². The third-order valence-electron chi connectivity index (χ3n) is 3.04. The van der Waals surface area contributed by atoms with Crippen molar-refractivity contribution in [2.45, 2.75) is 37.1 Å². The van der Waals surface area contributed by atoms with E-state index in [-0.39, 0.29) is 21.2 Å². The number of hydrogen-bond donors (Lipinski definition) is 2. The number of piperazine rings is 1. The van der Waals surface area contributed by atoms with E-state index in [0.717, 1.165) is 11.3 Å². The van der Waals surface area contributed by atoms with Crippen molar-refractivity contribution >= 4 is 21.4 Å². The number of nitrogens with zero attached hydrogens (tertiary/aromatic N) is 1. The Hall–Kier alpha value is -0.700. The van der Waals surface area contributed by atoms with Gasteiger partial charge in [0.1, 0.15) is 0 Å². The van der Waals surface area contributed by atoms with Crippen LogP contribution in [0.15, 0.2) is 9.00 Å². The molecule has 18 heavy (non-hydrogen) atoms. The molecule has 0 bridgehead atoms. The van der Waals surface area contributed by atoms with Crippen molar-refractivity contribution in [2.24, 2.45) is 0 Å². The summed E-state index contributed by atoms with van der Waals surface area (Å²) in [6.07, 6.45) is 0. The number of nitrogens with one attached hydrogen (secondary N) is 2. The largest absolute Gasteiger partial charge is 0.315 e. The molecule has 1 aromatic heterocycles. The minimum absolute atomic E-state index is 0.115. The van der Waals surface area contributed by atoms with Crippen LogP contribution in [0.1, 0.15) is 19.5 Å². The topological polar surface area (TPSA) is 82.3 Å². The number of rotatable bonds is 2. The average Bonchev–Trinajstić information content (AvgIpc) is 2.57. The lowest BCUT2D eigenvalue weighted by atomic mass is 10.2. The molecule has 2 N–H and O–H groups in total. The number of aromatic nitrogens is 1. The van der Waals surface area contributed by atoms with Crippen LogP contribution in [-0.4, -0.2) is 42.9 Å². The van der Waals surface area contributed by atoms with Crippen LogP contribution in [0.25, 0.3) is 0 Å². The van der Waals surface area contributed by atoms with Crippen LogP contribution in [0.5, 0.6) is 0 Å². The molecule has 0 amide bonds. The lowest BCUT2D eigenvalue weighted by Gasteiger charge is -2.37. The van der Waals surface area contributed by atoms with Gasteiger partial charge in [-0.3, -0.25) is 4.79 Å². The summed E-state index contributed by atoms with van der Waals surface area (Å²) in [6, 6.07) is -0.231. The Kier molecular flexibility index (Phi) is 3.63. The maximum Gasteiger partial charge on any atom is 0.305 e. The molecular weight excluding hydrogens is 274 g/mol. The van der Waals surface area contributed by atoms with E-state index in [0.29, 0.717) is 18.8 Å². The predicted molar refractivity (Wildman–Crippen MR) is 70.5 cm³/mol. The normalized spacial score (nSPS) is 26.4. The molecule has 0 spiro atoms. The van der Waals surface area contributed by atoms with Crippen LogP contribution in [0.4, 0.5) is 0 Å². The molecule has 1 aromatic rings. The third-order valence-corrected chi connectivity index (χ3v) is 6.75. The summed E-state index contributed by atoms with van der Waals surface area (Å²) in [4.78, 5) is 13.5. The number of H-pyrrole nitrogens is 1. The molecule has 2 rings (SSSR count). The highest BCUT2D eigenvalue weighted by atomic mass is 32.2. The molecule has 8 heteroatoms. The Morgan fingerprint density at radius 1 is 1.28 bits per heavy atom. The highest BCUT2D eigenvalue weighted by Gasteiger charge is 2.37. The summed E-state index contributed by atoms with van der Waals surface area (Å²) in [5, 5.41) is 3.19. The Balaban J connectivity index is 2.47. The van der Waals surface area contributed by atoms with Crippen molar-refractivity contribution in [1.82, 2.24) is 14.6 Å². The minimum atomic E-state index is -3.59. The van der Waals surface area contributed by atoms with Crippen molar-refractivity contribution < 1.29 is 8.42 Å². The molecule has 0 aliphatic carbocycles. The van der Waals surface area contributed by atoms with Gasteiger partial charge in [0.05, 0.1) is 0 Å². The van der Waals surface area contributed by atoms with E-state index in [9.17, 15) is 13.2 Å². The lowest BCUT2D eigenvalue weighted by molar-refractivity contribution is 0.220. The Bertz CT molecular complexity index is 580. The summed E-state index contributed by atoms with van der Waals surface area (Å²) in [5.74, 6) is 0. The fourth-order valence-electron chi connectivity index (χ4n) is 2.32. The number of aryl methyl sites for hydroxylation is 1. The molecule has 0 radical (unpaired) electrons. The fraction of sp³-hybridized carbons (Fsp3) is 0.700. The molecule has 0 saturated carbocycles. The van der Waals surface area contributed by atoms with E-state index >= 15 is 0 Å². The second kappa shape index (κ2) is 4.76. The van der Waals surface area contributed by atoms with Gasteiger partial charge in [0.25, 0.3) is 10.0 Å². The summed E-state index contributed by atoms with van der Waals surface area (Å²) < 4.78 is 26.8. The van der Waals surface area contributed by atoms with Crippen molar-refractivity contribution in [3.8, 4) is 0 Å². The number of hydrogen-bond acceptors (Lipinski definition) is 5. The first-order valence-corrected chi connectivity index (χ1v) is 8.03. The molecule has 6 nitrogen and oxygen atoms in total. The van der Waals surface area contributed by atoms with E-state index in [1.54, 1.807) is 6.92 Å². The minimum Gasteiger partial charge on any atom is -0.315 e. The van der Waals surface area contributed by atoms with Gasteiger partial charge >= 0.3 is 4.87 Å². The van der Waals surface area contributed by atoms with Crippen molar-refractivity contribution in [3.05, 3.63) is 15.4 Å². The molecule has 102 valence electrons. The van der Waals surface area contributed by atoms with Crippen LogP contribution in [0, 0.1) is 6.92 Å². The smallest absolute Gasteiger partial charge is 0.305 e. The number of thiazole rings is 1. The van der Waals surface area contributed by atoms with Crippen LogP contribution in [0.2, 0.25) is 0 Å². The molecule has 1 fully saturated rings. The van der Waals surface area contributed by atoms with Gasteiger partial charge in [-0.15, -0.1) is 0 Å². The average molecular weight is 291 g/mol. The molecule has 2 atom stereocenters. The molecular formula is C10H17N3O3S2. The quantitative estimate of drug-likeness (QED) is 0.810. The van der Waals surface area contributed by atoms with Gasteiger partial charge in [-0.05, 0) is 20.8 Å². The molecule has 0 aromatic carbocycles. The fourth-order valence-corrected chi connectivity index (χ4v) is 5.53. The van der Waals surface area contributed by atoms with Gasteiger partial charge in [0.15, 0.2) is 4.21 Å². The highest BCUT2D eigenvalue weighted by molar-refractivity contribution is 7.91. The maximum atomic E-state index is 12.6. The van der Waals surface area contributed by atoms with E-state index in [1.807, 2.05) is 13.8 Å². The Morgan fingerprint density at radius 2 is 1.83 bits per heavy atom. The SMILES string of the molecule is Cc1[nH]c(=O)sc1S(=O)(=O)N1C(C)CNCC1C. The van der Waals surface area contributed by atoms with Crippen LogP contribution in [0.3, 0.4) is 0 Å². The number of aromatic amines is 1. The predicted octanol–water partition coefficient (Wildman–Crippen LogP) is 0.116. The molecule has 2 heterocycles. The molecule has 2 unspecified atom stereocenters. The summed E-state index contributed by atoms with van der Waals surface area (Å²) in [7, 11) is -3.59. The second-order valence-corrected chi connectivity index (χ2v) is 7.64. The van der Waals surface area contributed by atoms with Crippen molar-refractivity contribution in [1.29, 1.82) is 0 Å². The lowest BCUT2D eigenvalue weighted by Crippen LogP contribution is -2.56. The second-order valence-electron chi connectivity index (χ2n) is 4.62. The van der Waals surface area contributed by atoms with Crippen LogP contribution < -0.4 is 10.2 Å². The van der Waals surface area contributed by atoms with Gasteiger partial charge in [0.2, 0.25) is 0 Å². The van der Waals surface area contributed by atoms with Crippen LogP contribution in [-0.2, 0) is 10.0 Å². The van der Waals surface area contributed by atoms with E-state index in [2.05, 4.69) is 10.3 Å². The highest BCUT2D eigenvalue weighted by Crippen LogP contribution is 2.26. The van der Waals surface area contributed by atoms with Gasteiger partial charge in [0, 0.05) is 30.9 Å². The first-order chi connectivity index (χ1) is 8.34. The summed E-state index contributed by atoms with van der Waals surface area (Å²) in [5.41, 5.74) is 0.419. The van der Waals surface area contributed by atoms with E-state index < -0.39 is 10.0 Å². The zero-order valence-corrected chi connectivity index (χ0v) is 12.2. The third kappa shape index (κ3) is 2.25. The molecule has 1 saturated heterocycles. The van der Waals surface area contributed by atoms with Gasteiger partial charge in [-0.25, -0.2) is 8.42 Å². The van der Waals surface area contributed by atoms with Crippen molar-refractivity contribution in [2.75, 3.05) is 13.1 Å². The van der Waals surface area contributed by atoms with E-state index in [4.69, 9.17) is 0 Å². The summed E-state index contributed by atoms with van der Waals surface area (Å²) >= 11 is 0.758. The molecule has 1 aliphatic heterocycles. The Morgan fingerprint density at radius 3 is 2.28 bits per heavy atom. The van der Waals surface area contributed by atoms with Gasteiger partial charge < -0.3 is 10.3 Å². The monoisotopic (exact) mass is 291 g/mol. The standard InChI is InChI=1S/C10H17N3O3S2/c1-6-4-11-5-7(2)13(6)18(15,16)9-8(3)12-10(14)17-9/h6-7,11H,4-5H2,1-3H3,(H,12,14). The zero-order valence-electron chi connectivity index (χ0n) is 10.6. The maximum absolute atomic E-state index is 12.6. The van der Waals surface area contributed by atoms with E-state index in [1.165, 1.54) is 4.31 Å². The summed E-state index contributed by atoms with van der Waals surface area (Å²) in [6.45, 7) is 6.60. The first kappa shape index (κ1) is 13.7. The van der Waals surface area contributed by atoms with Gasteiger partial charge in [-0.2, -0.15) is 4.31 Å². The zero-order chi connectivity index (χ0) is 13.5. The Labute approximate surface area is 110 Å². The van der Waals surface area contributed by atoms with Gasteiger partial charge in [-0.1, -0.05) is 11.3 Å². The van der Waals surface area contributed by atoms with Crippen LogP contribution >= 0.6 is 11.3 Å².